The van der Waals surface area contributed by atoms with E-state index in [4.69, 9.17) is 9.47 Å². The first kappa shape index (κ1) is 24.2. The van der Waals surface area contributed by atoms with Crippen molar-refractivity contribution in [3.05, 3.63) is 85.9 Å². The molecule has 172 valence electrons. The second-order valence-corrected chi connectivity index (χ2v) is 7.71. The standard InChI is InChI=1S/C23H18BrF3N2O4/c1-3-14-4-7-17(8-5-14)28-13-15-10-18(24)22(21(11-15)32-2)33-20-9-6-16(23(25,26)27)12-19(20)29(30)31/h4-13H,3H2,1-2H3. The van der Waals surface area contributed by atoms with E-state index in [0.717, 1.165) is 18.2 Å². The SMILES string of the molecule is CCc1ccc(N=Cc2cc(Br)c(Oc3ccc(C(F)(F)F)cc3[N+](=O)[O-])c(OC)c2)cc1. The minimum absolute atomic E-state index is 0.0739. The van der Waals surface area contributed by atoms with Gasteiger partial charge in [0.25, 0.3) is 0 Å². The van der Waals surface area contributed by atoms with Crippen molar-refractivity contribution < 1.29 is 27.6 Å². The van der Waals surface area contributed by atoms with Crippen molar-refractivity contribution in [2.75, 3.05) is 7.11 Å². The number of alkyl halides is 3. The zero-order valence-corrected chi connectivity index (χ0v) is 19.1. The Morgan fingerprint density at radius 3 is 2.36 bits per heavy atom. The average Bonchev–Trinajstić information content (AvgIpc) is 2.78. The highest BCUT2D eigenvalue weighted by Gasteiger charge is 2.33. The smallest absolute Gasteiger partial charge is 0.416 e. The van der Waals surface area contributed by atoms with E-state index in [9.17, 15) is 23.3 Å². The van der Waals surface area contributed by atoms with Crippen LogP contribution in [0.2, 0.25) is 0 Å². The minimum Gasteiger partial charge on any atom is -0.493 e. The predicted octanol–water partition coefficient (Wildman–Crippen LogP) is 7.49. The molecule has 0 saturated heterocycles. The van der Waals surface area contributed by atoms with Crippen molar-refractivity contribution in [3.8, 4) is 17.2 Å². The minimum atomic E-state index is -4.72. The summed E-state index contributed by atoms with van der Waals surface area (Å²) in [5, 5.41) is 11.3. The summed E-state index contributed by atoms with van der Waals surface area (Å²) < 4.78 is 50.2. The molecule has 0 aromatic heterocycles. The first-order chi connectivity index (χ1) is 15.6. The third kappa shape index (κ3) is 5.89. The van der Waals surface area contributed by atoms with Crippen LogP contribution in [0.3, 0.4) is 0 Å². The quantitative estimate of drug-likeness (QED) is 0.183. The van der Waals surface area contributed by atoms with Crippen LogP contribution in [0, 0.1) is 10.1 Å². The van der Waals surface area contributed by atoms with Crippen molar-refractivity contribution in [2.45, 2.75) is 19.5 Å². The number of methoxy groups -OCH3 is 1. The van der Waals surface area contributed by atoms with Gasteiger partial charge in [0, 0.05) is 12.3 Å². The Hall–Kier alpha value is -3.40. The van der Waals surface area contributed by atoms with E-state index in [0.29, 0.717) is 22.2 Å². The van der Waals surface area contributed by atoms with E-state index in [2.05, 4.69) is 27.8 Å². The van der Waals surface area contributed by atoms with Crippen LogP contribution in [-0.4, -0.2) is 18.2 Å². The summed E-state index contributed by atoms with van der Waals surface area (Å²) in [7, 11) is 1.38. The highest BCUT2D eigenvalue weighted by Crippen LogP contribution is 2.43. The number of nitrogens with zero attached hydrogens (tertiary/aromatic N) is 2. The van der Waals surface area contributed by atoms with Gasteiger partial charge in [-0.15, -0.1) is 0 Å². The van der Waals surface area contributed by atoms with E-state index in [1.807, 2.05) is 24.3 Å². The van der Waals surface area contributed by atoms with Crippen LogP contribution < -0.4 is 9.47 Å². The molecule has 0 spiro atoms. The van der Waals surface area contributed by atoms with E-state index in [-0.39, 0.29) is 17.2 Å². The molecule has 6 nitrogen and oxygen atoms in total. The Morgan fingerprint density at radius 2 is 1.79 bits per heavy atom. The van der Waals surface area contributed by atoms with Crippen molar-refractivity contribution in [1.29, 1.82) is 0 Å². The molecular weight excluding hydrogens is 505 g/mol. The fourth-order valence-electron chi connectivity index (χ4n) is 2.91. The van der Waals surface area contributed by atoms with Gasteiger partial charge in [-0.3, -0.25) is 15.1 Å². The number of halogens is 4. The number of aliphatic imine (C=N–C) groups is 1. The summed E-state index contributed by atoms with van der Waals surface area (Å²) in [6.45, 7) is 2.06. The molecule has 0 bridgehead atoms. The highest BCUT2D eigenvalue weighted by molar-refractivity contribution is 9.10. The second kappa shape index (κ2) is 10.0. The molecular formula is C23H18BrF3N2O4. The molecule has 0 N–H and O–H groups in total. The Labute approximate surface area is 196 Å². The lowest BCUT2D eigenvalue weighted by Crippen LogP contribution is -2.06. The molecule has 0 atom stereocenters. The van der Waals surface area contributed by atoms with Crippen molar-refractivity contribution in [2.24, 2.45) is 4.99 Å². The van der Waals surface area contributed by atoms with Gasteiger partial charge < -0.3 is 9.47 Å². The Balaban J connectivity index is 1.93. The third-order valence-corrected chi connectivity index (χ3v) is 5.24. The number of benzene rings is 3. The van der Waals surface area contributed by atoms with Gasteiger partial charge in [0.2, 0.25) is 5.75 Å². The van der Waals surface area contributed by atoms with Gasteiger partial charge in [-0.1, -0.05) is 19.1 Å². The highest BCUT2D eigenvalue weighted by atomic mass is 79.9. The normalized spacial score (nSPS) is 11.6. The van der Waals surface area contributed by atoms with Gasteiger partial charge in [0.05, 0.1) is 27.8 Å². The summed E-state index contributed by atoms with van der Waals surface area (Å²) in [5.74, 6) is -0.0735. The van der Waals surface area contributed by atoms with Crippen LogP contribution in [-0.2, 0) is 12.6 Å². The zero-order valence-electron chi connectivity index (χ0n) is 17.5. The van der Waals surface area contributed by atoms with Crippen LogP contribution in [0.4, 0.5) is 24.5 Å². The van der Waals surface area contributed by atoms with Crippen molar-refractivity contribution >= 4 is 33.5 Å². The number of nitro groups is 1. The Kier molecular flexibility index (Phi) is 7.37. The summed E-state index contributed by atoms with van der Waals surface area (Å²) in [4.78, 5) is 14.8. The zero-order chi connectivity index (χ0) is 24.2. The molecule has 0 fully saturated rings. The molecule has 0 aliphatic carbocycles. The lowest BCUT2D eigenvalue weighted by atomic mass is 10.1. The maximum atomic E-state index is 12.9. The van der Waals surface area contributed by atoms with E-state index < -0.39 is 22.4 Å². The second-order valence-electron chi connectivity index (χ2n) is 6.85. The molecule has 0 saturated carbocycles. The molecule has 0 amide bonds. The number of hydrogen-bond donors (Lipinski definition) is 0. The summed E-state index contributed by atoms with van der Waals surface area (Å²) in [5.41, 5.74) is 0.624. The largest absolute Gasteiger partial charge is 0.493 e. The average molecular weight is 523 g/mol. The molecule has 3 aromatic rings. The van der Waals surface area contributed by atoms with Gasteiger partial charge in [0.1, 0.15) is 0 Å². The van der Waals surface area contributed by atoms with Gasteiger partial charge in [-0.25, -0.2) is 0 Å². The molecule has 0 unspecified atom stereocenters. The maximum Gasteiger partial charge on any atom is 0.416 e. The fraction of sp³-hybridized carbons (Fsp3) is 0.174. The number of aryl methyl sites for hydroxylation is 1. The van der Waals surface area contributed by atoms with Crippen LogP contribution in [0.15, 0.2) is 64.1 Å². The monoisotopic (exact) mass is 522 g/mol. The molecule has 10 heteroatoms. The van der Waals surface area contributed by atoms with E-state index in [1.165, 1.54) is 12.7 Å². The first-order valence-corrected chi connectivity index (χ1v) is 10.5. The predicted molar refractivity (Wildman–Crippen MR) is 122 cm³/mol. The lowest BCUT2D eigenvalue weighted by molar-refractivity contribution is -0.385. The molecule has 3 aromatic carbocycles. The molecule has 0 radical (unpaired) electrons. The fourth-order valence-corrected chi connectivity index (χ4v) is 3.45. The van der Waals surface area contributed by atoms with Gasteiger partial charge in [0.15, 0.2) is 11.5 Å². The molecule has 33 heavy (non-hydrogen) atoms. The number of nitro benzene ring substituents is 1. The Morgan fingerprint density at radius 1 is 1.09 bits per heavy atom. The number of ether oxygens (including phenoxy) is 2. The van der Waals surface area contributed by atoms with Crippen molar-refractivity contribution in [3.63, 3.8) is 0 Å². The summed E-state index contributed by atoms with van der Waals surface area (Å²) in [6.07, 6.45) is -2.19. The van der Waals surface area contributed by atoms with Crippen LogP contribution in [0.25, 0.3) is 0 Å². The van der Waals surface area contributed by atoms with Crippen LogP contribution in [0.5, 0.6) is 17.2 Å². The topological polar surface area (TPSA) is 74.0 Å². The maximum absolute atomic E-state index is 12.9. The Bertz CT molecular complexity index is 1200. The summed E-state index contributed by atoms with van der Waals surface area (Å²) >= 11 is 3.33. The van der Waals surface area contributed by atoms with Crippen LogP contribution in [0.1, 0.15) is 23.6 Å². The first-order valence-electron chi connectivity index (χ1n) is 9.66. The lowest BCUT2D eigenvalue weighted by Gasteiger charge is -2.14. The molecule has 0 heterocycles. The van der Waals surface area contributed by atoms with Crippen LogP contribution >= 0.6 is 15.9 Å². The van der Waals surface area contributed by atoms with Crippen molar-refractivity contribution in [1.82, 2.24) is 0 Å². The van der Waals surface area contributed by atoms with Gasteiger partial charge in [-0.2, -0.15) is 13.2 Å². The summed E-state index contributed by atoms with van der Waals surface area (Å²) in [6, 6.07) is 13.0. The third-order valence-electron chi connectivity index (χ3n) is 4.65. The van der Waals surface area contributed by atoms with Gasteiger partial charge >= 0.3 is 11.9 Å². The molecule has 0 aliphatic rings. The molecule has 0 aliphatic heterocycles. The number of rotatable bonds is 7. The van der Waals surface area contributed by atoms with E-state index in [1.54, 1.807) is 18.3 Å². The van der Waals surface area contributed by atoms with Gasteiger partial charge in [-0.05, 0) is 69.9 Å². The van der Waals surface area contributed by atoms with E-state index >= 15 is 0 Å². The molecule has 3 rings (SSSR count). The number of hydrogen-bond acceptors (Lipinski definition) is 5.